The van der Waals surface area contributed by atoms with Crippen LogP contribution in [0.15, 0.2) is 0 Å². The third-order valence-corrected chi connectivity index (χ3v) is 4.02. The highest BCUT2D eigenvalue weighted by molar-refractivity contribution is 5.91. The second kappa shape index (κ2) is 7.85. The zero-order valence-corrected chi connectivity index (χ0v) is 13.1. The van der Waals surface area contributed by atoms with E-state index in [0.29, 0.717) is 13.0 Å². The molecule has 0 bridgehead atoms. The minimum Gasteiger partial charge on any atom is -0.453 e. The number of carbonyl (C=O) groups is 3. The van der Waals surface area contributed by atoms with Gasteiger partial charge in [0.25, 0.3) is 0 Å². The SMILES string of the molecule is CC[C@H](C)[C@H](NC(=O)OC)C(=O)N1CCCC1C(=O)NC. The van der Waals surface area contributed by atoms with Crippen molar-refractivity contribution in [3.8, 4) is 0 Å². The van der Waals surface area contributed by atoms with E-state index >= 15 is 0 Å². The maximum absolute atomic E-state index is 12.7. The molecule has 7 nitrogen and oxygen atoms in total. The molecule has 1 fully saturated rings. The summed E-state index contributed by atoms with van der Waals surface area (Å²) in [5, 5.41) is 5.17. The monoisotopic (exact) mass is 299 g/mol. The topological polar surface area (TPSA) is 87.7 Å². The van der Waals surface area contributed by atoms with Crippen LogP contribution < -0.4 is 10.6 Å². The van der Waals surface area contributed by atoms with Gasteiger partial charge >= 0.3 is 6.09 Å². The third-order valence-electron chi connectivity index (χ3n) is 4.02. The number of likely N-dealkylation sites (tertiary alicyclic amines) is 1. The fourth-order valence-electron chi connectivity index (χ4n) is 2.52. The van der Waals surface area contributed by atoms with Crippen LogP contribution >= 0.6 is 0 Å². The number of hydrogen-bond donors (Lipinski definition) is 2. The van der Waals surface area contributed by atoms with Gasteiger partial charge in [-0.25, -0.2) is 4.79 Å². The summed E-state index contributed by atoms with van der Waals surface area (Å²) < 4.78 is 4.58. The van der Waals surface area contributed by atoms with Gasteiger partial charge in [0.05, 0.1) is 7.11 Å². The number of nitrogens with one attached hydrogen (secondary N) is 2. The van der Waals surface area contributed by atoms with E-state index in [0.717, 1.165) is 12.8 Å². The molecule has 1 saturated heterocycles. The van der Waals surface area contributed by atoms with Crippen molar-refractivity contribution < 1.29 is 19.1 Å². The van der Waals surface area contributed by atoms with Gasteiger partial charge in [-0.3, -0.25) is 9.59 Å². The van der Waals surface area contributed by atoms with Crippen LogP contribution in [-0.4, -0.2) is 55.6 Å². The second-order valence-corrected chi connectivity index (χ2v) is 5.30. The van der Waals surface area contributed by atoms with E-state index in [1.54, 1.807) is 11.9 Å². The van der Waals surface area contributed by atoms with Crippen molar-refractivity contribution in [2.75, 3.05) is 20.7 Å². The van der Waals surface area contributed by atoms with E-state index in [1.807, 2.05) is 13.8 Å². The zero-order chi connectivity index (χ0) is 16.0. The molecule has 1 aliphatic heterocycles. The molecule has 120 valence electrons. The van der Waals surface area contributed by atoms with Gasteiger partial charge in [-0.05, 0) is 18.8 Å². The van der Waals surface area contributed by atoms with Gasteiger partial charge in [0.15, 0.2) is 0 Å². The molecule has 3 amide bonds. The number of alkyl carbamates (subject to hydrolysis) is 1. The highest BCUT2D eigenvalue weighted by Crippen LogP contribution is 2.21. The molecule has 0 spiro atoms. The van der Waals surface area contributed by atoms with Gasteiger partial charge in [-0.2, -0.15) is 0 Å². The van der Waals surface area contributed by atoms with Crippen LogP contribution in [0.25, 0.3) is 0 Å². The lowest BCUT2D eigenvalue weighted by molar-refractivity contribution is -0.140. The van der Waals surface area contributed by atoms with Crippen molar-refractivity contribution >= 4 is 17.9 Å². The number of ether oxygens (including phenoxy) is 1. The molecule has 21 heavy (non-hydrogen) atoms. The summed E-state index contributed by atoms with van der Waals surface area (Å²) >= 11 is 0. The van der Waals surface area contributed by atoms with Gasteiger partial charge in [-0.15, -0.1) is 0 Å². The van der Waals surface area contributed by atoms with Crippen LogP contribution in [0.3, 0.4) is 0 Å². The molecule has 1 rings (SSSR count). The first kappa shape index (κ1) is 17.3. The summed E-state index contributed by atoms with van der Waals surface area (Å²) in [6.45, 7) is 4.38. The molecule has 0 aliphatic carbocycles. The lowest BCUT2D eigenvalue weighted by Gasteiger charge is -2.30. The van der Waals surface area contributed by atoms with Crippen LogP contribution in [-0.2, 0) is 14.3 Å². The minimum atomic E-state index is -0.673. The average molecular weight is 299 g/mol. The van der Waals surface area contributed by atoms with Gasteiger partial charge in [0, 0.05) is 13.6 Å². The summed E-state index contributed by atoms with van der Waals surface area (Å²) in [7, 11) is 2.82. The largest absolute Gasteiger partial charge is 0.453 e. The maximum atomic E-state index is 12.7. The summed E-state index contributed by atoms with van der Waals surface area (Å²) in [5.74, 6) is -0.426. The molecular formula is C14H25N3O4. The Balaban J connectivity index is 2.88. The van der Waals surface area contributed by atoms with Crippen LogP contribution in [0.4, 0.5) is 4.79 Å². The Labute approximate surface area is 125 Å². The van der Waals surface area contributed by atoms with Crippen molar-refractivity contribution in [2.24, 2.45) is 5.92 Å². The van der Waals surface area contributed by atoms with E-state index in [2.05, 4.69) is 15.4 Å². The van der Waals surface area contributed by atoms with Gasteiger partial charge in [-0.1, -0.05) is 20.3 Å². The Morgan fingerprint density at radius 2 is 2.05 bits per heavy atom. The number of methoxy groups -OCH3 is 1. The normalized spacial score (nSPS) is 20.6. The predicted octanol–water partition coefficient (Wildman–Crippen LogP) is 0.494. The third kappa shape index (κ3) is 4.09. The number of likely N-dealkylation sites (N-methyl/N-ethyl adjacent to an activating group) is 1. The van der Waals surface area contributed by atoms with Crippen LogP contribution in [0, 0.1) is 5.92 Å². The van der Waals surface area contributed by atoms with Crippen LogP contribution in [0.1, 0.15) is 33.1 Å². The lowest BCUT2D eigenvalue weighted by atomic mass is 9.97. The fourth-order valence-corrected chi connectivity index (χ4v) is 2.52. The molecule has 1 heterocycles. The predicted molar refractivity (Wildman–Crippen MR) is 77.6 cm³/mol. The average Bonchev–Trinajstić information content (AvgIpc) is 2.99. The lowest BCUT2D eigenvalue weighted by Crippen LogP contribution is -2.55. The molecular weight excluding hydrogens is 274 g/mol. The van der Waals surface area contributed by atoms with E-state index in [9.17, 15) is 14.4 Å². The van der Waals surface area contributed by atoms with E-state index in [1.165, 1.54) is 7.11 Å². The van der Waals surface area contributed by atoms with Crippen molar-refractivity contribution in [3.05, 3.63) is 0 Å². The van der Waals surface area contributed by atoms with Crippen molar-refractivity contribution in [2.45, 2.75) is 45.2 Å². The quantitative estimate of drug-likeness (QED) is 0.773. The van der Waals surface area contributed by atoms with Gasteiger partial charge < -0.3 is 20.3 Å². The molecule has 3 atom stereocenters. The number of nitrogens with zero attached hydrogens (tertiary/aromatic N) is 1. The smallest absolute Gasteiger partial charge is 0.407 e. The highest BCUT2D eigenvalue weighted by atomic mass is 16.5. The fraction of sp³-hybridized carbons (Fsp3) is 0.786. The molecule has 0 aromatic rings. The number of amides is 3. The first-order valence-electron chi connectivity index (χ1n) is 7.32. The minimum absolute atomic E-state index is 0.0393. The summed E-state index contributed by atoms with van der Waals surface area (Å²) in [4.78, 5) is 37.6. The molecule has 0 saturated carbocycles. The van der Waals surface area contributed by atoms with Gasteiger partial charge in [0.2, 0.25) is 11.8 Å². The first-order valence-corrected chi connectivity index (χ1v) is 7.32. The highest BCUT2D eigenvalue weighted by Gasteiger charge is 2.38. The van der Waals surface area contributed by atoms with E-state index in [4.69, 9.17) is 0 Å². The Morgan fingerprint density at radius 1 is 1.38 bits per heavy atom. The Bertz CT molecular complexity index is 400. The Kier molecular flexibility index (Phi) is 6.45. The van der Waals surface area contributed by atoms with Crippen LogP contribution in [0.2, 0.25) is 0 Å². The summed E-state index contributed by atoms with van der Waals surface area (Å²) in [6, 6.07) is -1.12. The second-order valence-electron chi connectivity index (χ2n) is 5.30. The maximum Gasteiger partial charge on any atom is 0.407 e. The van der Waals surface area contributed by atoms with Gasteiger partial charge in [0.1, 0.15) is 12.1 Å². The van der Waals surface area contributed by atoms with Crippen LogP contribution in [0.5, 0.6) is 0 Å². The van der Waals surface area contributed by atoms with E-state index in [-0.39, 0.29) is 17.7 Å². The van der Waals surface area contributed by atoms with Crippen molar-refractivity contribution in [3.63, 3.8) is 0 Å². The molecule has 1 aliphatic rings. The Morgan fingerprint density at radius 3 is 2.57 bits per heavy atom. The first-order chi connectivity index (χ1) is 9.96. The molecule has 1 unspecified atom stereocenters. The standard InChI is InChI=1S/C14H25N3O4/c1-5-9(2)11(16-14(20)21-4)13(19)17-8-6-7-10(17)12(18)15-3/h9-11H,5-8H2,1-4H3,(H,15,18)(H,16,20)/t9-,10?,11-/m0/s1. The van der Waals surface area contributed by atoms with Crippen molar-refractivity contribution in [1.82, 2.24) is 15.5 Å². The van der Waals surface area contributed by atoms with E-state index < -0.39 is 18.2 Å². The molecule has 0 radical (unpaired) electrons. The molecule has 0 aromatic carbocycles. The zero-order valence-electron chi connectivity index (χ0n) is 13.1. The Hall–Kier alpha value is -1.79. The molecule has 7 heteroatoms. The summed E-state index contributed by atoms with van der Waals surface area (Å²) in [6.07, 6.45) is 1.54. The molecule has 2 N–H and O–H groups in total. The summed E-state index contributed by atoms with van der Waals surface area (Å²) in [5.41, 5.74) is 0. The molecule has 0 aromatic heterocycles. The number of carbonyl (C=O) groups excluding carboxylic acids is 3. The number of rotatable bonds is 5. The number of hydrogen-bond acceptors (Lipinski definition) is 4. The van der Waals surface area contributed by atoms with Crippen molar-refractivity contribution in [1.29, 1.82) is 0 Å².